The van der Waals surface area contributed by atoms with Crippen LogP contribution in [0.5, 0.6) is 0 Å². The minimum Gasteiger partial charge on any atom is -0.369 e. The molecule has 3 rings (SSSR count). The first kappa shape index (κ1) is 11.2. The second kappa shape index (κ2) is 4.10. The highest BCUT2D eigenvalue weighted by Gasteiger charge is 2.17. The van der Waals surface area contributed by atoms with Gasteiger partial charge in [0, 0.05) is 6.20 Å². The van der Waals surface area contributed by atoms with E-state index in [4.69, 9.17) is 5.73 Å². The molecule has 0 aliphatic heterocycles. The summed E-state index contributed by atoms with van der Waals surface area (Å²) in [6.07, 6.45) is 1.80. The Bertz CT molecular complexity index is 684. The highest BCUT2D eigenvalue weighted by atomic mass is 32.1. The van der Waals surface area contributed by atoms with Gasteiger partial charge in [-0.1, -0.05) is 0 Å². The fraction of sp³-hybridized carbons (Fsp3) is 0.231. The van der Waals surface area contributed by atoms with Crippen molar-refractivity contribution >= 4 is 28.4 Å². The predicted molar refractivity (Wildman–Crippen MR) is 74.8 cm³/mol. The largest absolute Gasteiger partial charge is 0.369 e. The molecule has 18 heavy (non-hydrogen) atoms. The van der Waals surface area contributed by atoms with Crippen LogP contribution in [0.1, 0.15) is 24.1 Å². The van der Waals surface area contributed by atoms with Crippen molar-refractivity contribution in [3.63, 3.8) is 0 Å². The van der Waals surface area contributed by atoms with Crippen molar-refractivity contribution < 1.29 is 0 Å². The van der Waals surface area contributed by atoms with Crippen LogP contribution in [0, 0.1) is 6.92 Å². The molecule has 0 amide bonds. The molecule has 1 atom stereocenters. The van der Waals surface area contributed by atoms with Crippen LogP contribution in [0.2, 0.25) is 0 Å². The van der Waals surface area contributed by atoms with Gasteiger partial charge in [-0.25, -0.2) is 9.97 Å². The fourth-order valence-corrected chi connectivity index (χ4v) is 2.92. The molecule has 3 aromatic heterocycles. The van der Waals surface area contributed by atoms with Crippen molar-refractivity contribution in [2.45, 2.75) is 19.9 Å². The first-order valence-electron chi connectivity index (χ1n) is 5.79. The number of aromatic nitrogens is 3. The average Bonchev–Trinajstić information content (AvgIpc) is 2.96. The standard InChI is InChI=1S/C13H14N4S/c1-8-3-5-15-12-11(8)16-13(14)17(12)9(2)10-4-6-18-7-10/h3-7,9H,1-2H3,(H2,14,16). The molecule has 0 aliphatic rings. The molecular weight excluding hydrogens is 244 g/mol. The summed E-state index contributed by atoms with van der Waals surface area (Å²) in [4.78, 5) is 8.84. The normalized spacial score (nSPS) is 13.0. The zero-order valence-corrected chi connectivity index (χ0v) is 11.1. The Labute approximate surface area is 109 Å². The van der Waals surface area contributed by atoms with Gasteiger partial charge in [-0.2, -0.15) is 11.3 Å². The smallest absolute Gasteiger partial charge is 0.203 e. The summed E-state index contributed by atoms with van der Waals surface area (Å²) < 4.78 is 1.99. The fourth-order valence-electron chi connectivity index (χ4n) is 2.17. The van der Waals surface area contributed by atoms with Crippen molar-refractivity contribution in [3.8, 4) is 0 Å². The van der Waals surface area contributed by atoms with Crippen molar-refractivity contribution in [2.24, 2.45) is 0 Å². The summed E-state index contributed by atoms with van der Waals surface area (Å²) in [6, 6.07) is 4.21. The van der Waals surface area contributed by atoms with E-state index in [0.717, 1.165) is 16.7 Å². The molecule has 5 heteroatoms. The van der Waals surface area contributed by atoms with E-state index in [-0.39, 0.29) is 6.04 Å². The van der Waals surface area contributed by atoms with Gasteiger partial charge in [-0.15, -0.1) is 0 Å². The third-order valence-electron chi connectivity index (χ3n) is 3.22. The van der Waals surface area contributed by atoms with Crippen LogP contribution in [0.3, 0.4) is 0 Å². The molecule has 0 aromatic carbocycles. The summed E-state index contributed by atoms with van der Waals surface area (Å²) in [5.41, 5.74) is 10.1. The van der Waals surface area contributed by atoms with E-state index in [2.05, 4.69) is 33.7 Å². The number of pyridine rings is 1. The Morgan fingerprint density at radius 1 is 1.39 bits per heavy atom. The topological polar surface area (TPSA) is 56.7 Å². The Morgan fingerprint density at radius 3 is 2.94 bits per heavy atom. The molecule has 0 spiro atoms. The van der Waals surface area contributed by atoms with Crippen LogP contribution >= 0.6 is 11.3 Å². The third kappa shape index (κ3) is 1.59. The van der Waals surface area contributed by atoms with Gasteiger partial charge in [0.2, 0.25) is 5.95 Å². The molecule has 0 bridgehead atoms. The number of imidazole rings is 1. The van der Waals surface area contributed by atoms with Gasteiger partial charge in [0.15, 0.2) is 5.65 Å². The lowest BCUT2D eigenvalue weighted by atomic mass is 10.2. The van der Waals surface area contributed by atoms with Gasteiger partial charge in [0.1, 0.15) is 5.52 Å². The molecule has 3 heterocycles. The van der Waals surface area contributed by atoms with E-state index in [0.29, 0.717) is 5.95 Å². The number of nitrogens with zero attached hydrogens (tertiary/aromatic N) is 3. The quantitative estimate of drug-likeness (QED) is 0.768. The lowest BCUT2D eigenvalue weighted by Gasteiger charge is -2.14. The Kier molecular flexibility index (Phi) is 2.56. The zero-order chi connectivity index (χ0) is 12.7. The second-order valence-corrected chi connectivity index (χ2v) is 5.15. The minimum absolute atomic E-state index is 0.149. The van der Waals surface area contributed by atoms with E-state index in [1.165, 1.54) is 5.56 Å². The number of thiophene rings is 1. The molecular formula is C13H14N4S. The summed E-state index contributed by atoms with van der Waals surface area (Å²) >= 11 is 1.68. The van der Waals surface area contributed by atoms with Crippen molar-refractivity contribution in [3.05, 3.63) is 40.2 Å². The van der Waals surface area contributed by atoms with Gasteiger partial charge in [-0.3, -0.25) is 4.57 Å². The summed E-state index contributed by atoms with van der Waals surface area (Å²) in [7, 11) is 0. The first-order valence-corrected chi connectivity index (χ1v) is 6.74. The van der Waals surface area contributed by atoms with Crippen LogP contribution in [-0.4, -0.2) is 14.5 Å². The van der Waals surface area contributed by atoms with Crippen molar-refractivity contribution in [1.82, 2.24) is 14.5 Å². The number of aryl methyl sites for hydroxylation is 1. The SMILES string of the molecule is Cc1ccnc2c1nc(N)n2C(C)c1ccsc1. The van der Waals surface area contributed by atoms with Crippen LogP contribution in [0.25, 0.3) is 11.2 Å². The average molecular weight is 258 g/mol. The first-order chi connectivity index (χ1) is 8.68. The van der Waals surface area contributed by atoms with Crippen LogP contribution < -0.4 is 5.73 Å². The molecule has 0 saturated carbocycles. The molecule has 0 aliphatic carbocycles. The molecule has 0 radical (unpaired) electrons. The van der Waals surface area contributed by atoms with Gasteiger partial charge >= 0.3 is 0 Å². The highest BCUT2D eigenvalue weighted by Crippen LogP contribution is 2.28. The van der Waals surface area contributed by atoms with Gasteiger partial charge in [0.05, 0.1) is 6.04 Å². The summed E-state index contributed by atoms with van der Waals surface area (Å²) in [5, 5.41) is 4.20. The van der Waals surface area contributed by atoms with Crippen LogP contribution in [0.4, 0.5) is 5.95 Å². The lowest BCUT2D eigenvalue weighted by Crippen LogP contribution is -2.10. The second-order valence-electron chi connectivity index (χ2n) is 4.37. The number of hydrogen-bond acceptors (Lipinski definition) is 4. The molecule has 92 valence electrons. The molecule has 3 aromatic rings. The molecule has 1 unspecified atom stereocenters. The number of fused-ring (bicyclic) bond motifs is 1. The minimum atomic E-state index is 0.149. The highest BCUT2D eigenvalue weighted by molar-refractivity contribution is 7.07. The van der Waals surface area contributed by atoms with E-state index >= 15 is 0 Å². The van der Waals surface area contributed by atoms with E-state index < -0.39 is 0 Å². The number of nitrogens with two attached hydrogens (primary N) is 1. The van der Waals surface area contributed by atoms with Crippen molar-refractivity contribution in [2.75, 3.05) is 5.73 Å². The molecule has 4 nitrogen and oxygen atoms in total. The Hall–Kier alpha value is -1.88. The molecule has 0 fully saturated rings. The van der Waals surface area contributed by atoms with Crippen LogP contribution in [-0.2, 0) is 0 Å². The van der Waals surface area contributed by atoms with Gasteiger partial charge in [0.25, 0.3) is 0 Å². The molecule has 2 N–H and O–H groups in total. The van der Waals surface area contributed by atoms with Crippen molar-refractivity contribution in [1.29, 1.82) is 0 Å². The van der Waals surface area contributed by atoms with Gasteiger partial charge < -0.3 is 5.73 Å². The maximum Gasteiger partial charge on any atom is 0.203 e. The number of anilines is 1. The number of hydrogen-bond donors (Lipinski definition) is 1. The maximum absolute atomic E-state index is 6.04. The van der Waals surface area contributed by atoms with E-state index in [1.54, 1.807) is 17.5 Å². The summed E-state index contributed by atoms with van der Waals surface area (Å²) in [5.74, 6) is 0.519. The Balaban J connectivity index is 2.23. The van der Waals surface area contributed by atoms with Gasteiger partial charge in [-0.05, 0) is 47.9 Å². The monoisotopic (exact) mass is 258 g/mol. The third-order valence-corrected chi connectivity index (χ3v) is 3.92. The lowest BCUT2D eigenvalue weighted by molar-refractivity contribution is 0.664. The molecule has 0 saturated heterocycles. The summed E-state index contributed by atoms with van der Waals surface area (Å²) in [6.45, 7) is 4.14. The van der Waals surface area contributed by atoms with E-state index in [1.807, 2.05) is 17.6 Å². The number of nitrogen functional groups attached to an aromatic ring is 1. The zero-order valence-electron chi connectivity index (χ0n) is 10.3. The number of rotatable bonds is 2. The van der Waals surface area contributed by atoms with E-state index in [9.17, 15) is 0 Å². The predicted octanol–water partition coefficient (Wildman–Crippen LogP) is 2.99. The van der Waals surface area contributed by atoms with Crippen LogP contribution in [0.15, 0.2) is 29.1 Å². The Morgan fingerprint density at radius 2 is 2.22 bits per heavy atom. The maximum atomic E-state index is 6.04.